The molecule has 0 radical (unpaired) electrons. The highest BCUT2D eigenvalue weighted by molar-refractivity contribution is 5.21. The Balaban J connectivity index is 1.78. The molecule has 0 amide bonds. The van der Waals surface area contributed by atoms with Crippen LogP contribution in [0.2, 0.25) is 0 Å². The third-order valence-electron chi connectivity index (χ3n) is 4.87. The van der Waals surface area contributed by atoms with Gasteiger partial charge in [-0.2, -0.15) is 0 Å². The zero-order chi connectivity index (χ0) is 13.3. The van der Waals surface area contributed by atoms with E-state index in [4.69, 9.17) is 0 Å². The van der Waals surface area contributed by atoms with Crippen LogP contribution in [-0.4, -0.2) is 30.1 Å². The van der Waals surface area contributed by atoms with Crippen LogP contribution in [0, 0.1) is 5.92 Å². The molecule has 2 heteroatoms. The molecule has 2 fully saturated rings. The van der Waals surface area contributed by atoms with Crippen molar-refractivity contribution in [3.8, 4) is 0 Å². The van der Waals surface area contributed by atoms with E-state index in [1.807, 2.05) is 0 Å². The average molecular weight is 258 g/mol. The Morgan fingerprint density at radius 2 is 2.00 bits per heavy atom. The van der Waals surface area contributed by atoms with Crippen molar-refractivity contribution in [1.82, 2.24) is 10.2 Å². The lowest BCUT2D eigenvalue weighted by atomic mass is 9.91. The molecule has 2 atom stereocenters. The summed E-state index contributed by atoms with van der Waals surface area (Å²) in [7, 11) is 0. The summed E-state index contributed by atoms with van der Waals surface area (Å²) in [6.07, 6.45) is 4.08. The molecule has 1 heterocycles. The van der Waals surface area contributed by atoms with E-state index >= 15 is 0 Å². The van der Waals surface area contributed by atoms with Gasteiger partial charge in [0.05, 0.1) is 0 Å². The molecule has 104 valence electrons. The van der Waals surface area contributed by atoms with Gasteiger partial charge in [-0.05, 0) is 37.7 Å². The average Bonchev–Trinajstić information content (AvgIpc) is 3.24. The van der Waals surface area contributed by atoms with Crippen LogP contribution in [0.3, 0.4) is 0 Å². The van der Waals surface area contributed by atoms with Crippen molar-refractivity contribution >= 4 is 0 Å². The molecule has 1 aliphatic carbocycles. The zero-order valence-electron chi connectivity index (χ0n) is 12.2. The van der Waals surface area contributed by atoms with Crippen molar-refractivity contribution in [2.75, 3.05) is 19.6 Å². The molecule has 1 saturated carbocycles. The molecule has 3 rings (SSSR count). The Kier molecular flexibility index (Phi) is 3.64. The van der Waals surface area contributed by atoms with Gasteiger partial charge in [0.2, 0.25) is 0 Å². The van der Waals surface area contributed by atoms with Crippen molar-refractivity contribution in [2.24, 2.45) is 5.92 Å². The molecule has 0 spiro atoms. The molecule has 1 saturated heterocycles. The van der Waals surface area contributed by atoms with Crippen LogP contribution in [0.25, 0.3) is 0 Å². The highest BCUT2D eigenvalue weighted by atomic mass is 15.3. The van der Waals surface area contributed by atoms with Crippen molar-refractivity contribution in [3.05, 3.63) is 35.9 Å². The molecular weight excluding hydrogens is 232 g/mol. The fourth-order valence-corrected chi connectivity index (χ4v) is 3.15. The maximum absolute atomic E-state index is 3.78. The predicted octanol–water partition coefficient (Wildman–Crippen LogP) is 3.21. The van der Waals surface area contributed by atoms with Gasteiger partial charge in [-0.25, -0.2) is 0 Å². The first kappa shape index (κ1) is 13.1. The smallest absolute Gasteiger partial charge is 0.0473 e. The maximum atomic E-state index is 3.78. The molecule has 1 N–H and O–H groups in total. The maximum Gasteiger partial charge on any atom is 0.0473 e. The van der Waals surface area contributed by atoms with Gasteiger partial charge in [-0.1, -0.05) is 37.3 Å². The number of rotatable bonds is 4. The topological polar surface area (TPSA) is 15.3 Å². The number of nitrogens with one attached hydrogen (secondary N) is 1. The largest absolute Gasteiger partial charge is 0.308 e. The summed E-state index contributed by atoms with van der Waals surface area (Å²) in [6, 6.07) is 11.6. The number of hydrogen-bond donors (Lipinski definition) is 1. The molecule has 1 aromatic rings. The summed E-state index contributed by atoms with van der Waals surface area (Å²) in [5.41, 5.74) is 1.76. The van der Waals surface area contributed by atoms with Crippen LogP contribution >= 0.6 is 0 Å². The van der Waals surface area contributed by atoms with Crippen LogP contribution < -0.4 is 5.32 Å². The monoisotopic (exact) mass is 258 g/mol. The Hall–Kier alpha value is -0.860. The molecule has 1 aromatic carbocycles. The lowest BCUT2D eigenvalue weighted by molar-refractivity contribution is 0.0797. The first-order valence-corrected chi connectivity index (χ1v) is 7.74. The highest BCUT2D eigenvalue weighted by Gasteiger charge is 2.37. The summed E-state index contributed by atoms with van der Waals surface area (Å²) in [5.74, 6) is 0.963. The Morgan fingerprint density at radius 1 is 1.26 bits per heavy atom. The number of hydrogen-bond acceptors (Lipinski definition) is 2. The van der Waals surface area contributed by atoms with Gasteiger partial charge < -0.3 is 5.32 Å². The minimum absolute atomic E-state index is 0.292. The second kappa shape index (κ2) is 5.26. The molecule has 2 aliphatic rings. The van der Waals surface area contributed by atoms with E-state index in [2.05, 4.69) is 54.4 Å². The predicted molar refractivity (Wildman–Crippen MR) is 80.2 cm³/mol. The second-order valence-corrected chi connectivity index (χ2v) is 6.59. The van der Waals surface area contributed by atoms with Gasteiger partial charge >= 0.3 is 0 Å². The summed E-state index contributed by atoms with van der Waals surface area (Å²) < 4.78 is 0. The Morgan fingerprint density at radius 3 is 2.63 bits per heavy atom. The lowest BCUT2D eigenvalue weighted by Gasteiger charge is -2.46. The van der Waals surface area contributed by atoms with E-state index in [9.17, 15) is 0 Å². The van der Waals surface area contributed by atoms with Crippen molar-refractivity contribution in [3.63, 3.8) is 0 Å². The molecular formula is C17H26N2. The Bertz CT molecular complexity index is 413. The van der Waals surface area contributed by atoms with Gasteiger partial charge in [-0.15, -0.1) is 0 Å². The van der Waals surface area contributed by atoms with Crippen molar-refractivity contribution in [1.29, 1.82) is 0 Å². The van der Waals surface area contributed by atoms with E-state index in [-0.39, 0.29) is 0 Å². The van der Waals surface area contributed by atoms with Crippen molar-refractivity contribution < 1.29 is 0 Å². The normalized spacial score (nSPS) is 32.4. The van der Waals surface area contributed by atoms with Crippen LogP contribution in [0.1, 0.15) is 44.7 Å². The van der Waals surface area contributed by atoms with Crippen LogP contribution in [-0.2, 0) is 0 Å². The standard InChI is InChI=1S/C17H26N2/c1-3-17(2)13-19(12-14-9-10-14)16(11-18-17)15-7-5-4-6-8-15/h4-8,14,16,18H,3,9-13H2,1-2H3. The minimum atomic E-state index is 0.292. The second-order valence-electron chi connectivity index (χ2n) is 6.59. The van der Waals surface area contributed by atoms with E-state index in [1.54, 1.807) is 0 Å². The van der Waals surface area contributed by atoms with Crippen molar-refractivity contribution in [2.45, 2.75) is 44.7 Å². The fourth-order valence-electron chi connectivity index (χ4n) is 3.15. The van der Waals surface area contributed by atoms with Gasteiger partial charge in [0.25, 0.3) is 0 Å². The van der Waals surface area contributed by atoms with Crippen LogP contribution in [0.4, 0.5) is 0 Å². The first-order chi connectivity index (χ1) is 9.20. The zero-order valence-corrected chi connectivity index (χ0v) is 12.2. The number of benzene rings is 1. The van der Waals surface area contributed by atoms with E-state index < -0.39 is 0 Å². The Labute approximate surface area is 117 Å². The summed E-state index contributed by atoms with van der Waals surface area (Å²) in [4.78, 5) is 2.73. The number of nitrogens with zero attached hydrogens (tertiary/aromatic N) is 1. The quantitative estimate of drug-likeness (QED) is 0.892. The molecule has 1 aliphatic heterocycles. The van der Waals surface area contributed by atoms with E-state index in [0.717, 1.165) is 12.5 Å². The lowest BCUT2D eigenvalue weighted by Crippen LogP contribution is -2.59. The molecule has 19 heavy (non-hydrogen) atoms. The highest BCUT2D eigenvalue weighted by Crippen LogP contribution is 2.35. The summed E-state index contributed by atoms with van der Waals surface area (Å²) in [6.45, 7) is 8.22. The van der Waals surface area contributed by atoms with E-state index in [0.29, 0.717) is 11.6 Å². The minimum Gasteiger partial charge on any atom is -0.308 e. The van der Waals surface area contributed by atoms with Crippen LogP contribution in [0.15, 0.2) is 30.3 Å². The fraction of sp³-hybridized carbons (Fsp3) is 0.647. The third-order valence-corrected chi connectivity index (χ3v) is 4.87. The molecule has 2 nitrogen and oxygen atoms in total. The van der Waals surface area contributed by atoms with Gasteiger partial charge in [-0.3, -0.25) is 4.90 Å². The van der Waals surface area contributed by atoms with Gasteiger partial charge in [0, 0.05) is 31.2 Å². The summed E-state index contributed by atoms with van der Waals surface area (Å²) >= 11 is 0. The van der Waals surface area contributed by atoms with E-state index in [1.165, 1.54) is 37.9 Å². The molecule has 2 unspecified atom stereocenters. The third kappa shape index (κ3) is 3.01. The molecule has 0 aromatic heterocycles. The molecule has 0 bridgehead atoms. The first-order valence-electron chi connectivity index (χ1n) is 7.74. The SMILES string of the molecule is CCC1(C)CN(CC2CC2)C(c2ccccc2)CN1. The van der Waals surface area contributed by atoms with Gasteiger partial charge in [0.15, 0.2) is 0 Å². The summed E-state index contributed by atoms with van der Waals surface area (Å²) in [5, 5.41) is 3.78. The van der Waals surface area contributed by atoms with Gasteiger partial charge in [0.1, 0.15) is 0 Å². The van der Waals surface area contributed by atoms with Crippen LogP contribution in [0.5, 0.6) is 0 Å². The number of piperazine rings is 1.